The van der Waals surface area contributed by atoms with Gasteiger partial charge in [0.25, 0.3) is 5.91 Å². The van der Waals surface area contributed by atoms with Crippen molar-refractivity contribution in [3.8, 4) is 5.75 Å². The van der Waals surface area contributed by atoms with Crippen LogP contribution in [0.5, 0.6) is 5.75 Å². The fourth-order valence-corrected chi connectivity index (χ4v) is 2.06. The summed E-state index contributed by atoms with van der Waals surface area (Å²) in [6.45, 7) is 1.66. The highest BCUT2D eigenvalue weighted by Crippen LogP contribution is 2.27. The van der Waals surface area contributed by atoms with Crippen molar-refractivity contribution >= 4 is 18.0 Å². The largest absolute Gasteiger partial charge is 0.496 e. The summed E-state index contributed by atoms with van der Waals surface area (Å²) in [6, 6.07) is 7.25. The summed E-state index contributed by atoms with van der Waals surface area (Å²) in [4.78, 5) is 23.7. The number of allylic oxidation sites excluding steroid dienone is 1. The molecule has 1 amide bonds. The third-order valence-corrected chi connectivity index (χ3v) is 3.02. The molecule has 5 nitrogen and oxygen atoms in total. The Labute approximate surface area is 116 Å². The number of carbonyl (C=O) groups is 2. The quantitative estimate of drug-likeness (QED) is 0.672. The van der Waals surface area contributed by atoms with Gasteiger partial charge in [0.2, 0.25) is 0 Å². The Kier molecular flexibility index (Phi) is 3.89. The average molecular weight is 273 g/mol. The van der Waals surface area contributed by atoms with Gasteiger partial charge in [-0.3, -0.25) is 4.79 Å². The van der Waals surface area contributed by atoms with E-state index in [9.17, 15) is 9.59 Å². The van der Waals surface area contributed by atoms with Crippen molar-refractivity contribution in [3.63, 3.8) is 0 Å². The first-order valence-electron chi connectivity index (χ1n) is 6.04. The second kappa shape index (κ2) is 5.61. The van der Waals surface area contributed by atoms with Gasteiger partial charge in [0, 0.05) is 11.3 Å². The summed E-state index contributed by atoms with van der Waals surface area (Å²) in [5.74, 6) is -0.239. The SMILES string of the molecule is COC(=O)C1=C(C)NC(=O)C1=Cc1ccccc1OC. The molecule has 20 heavy (non-hydrogen) atoms. The third-order valence-electron chi connectivity index (χ3n) is 3.02. The minimum absolute atomic E-state index is 0.253. The summed E-state index contributed by atoms with van der Waals surface area (Å²) in [5.41, 5.74) is 1.74. The molecule has 0 saturated heterocycles. The lowest BCUT2D eigenvalue weighted by Gasteiger charge is -2.06. The highest BCUT2D eigenvalue weighted by molar-refractivity contribution is 6.16. The summed E-state index contributed by atoms with van der Waals surface area (Å²) in [6.07, 6.45) is 1.62. The highest BCUT2D eigenvalue weighted by Gasteiger charge is 2.30. The van der Waals surface area contributed by atoms with E-state index in [1.165, 1.54) is 7.11 Å². The molecule has 0 fully saturated rings. The zero-order chi connectivity index (χ0) is 14.7. The van der Waals surface area contributed by atoms with Crippen LogP contribution >= 0.6 is 0 Å². The minimum Gasteiger partial charge on any atom is -0.496 e. The number of rotatable bonds is 3. The Hall–Kier alpha value is -2.56. The molecule has 0 atom stereocenters. The van der Waals surface area contributed by atoms with Gasteiger partial charge in [-0.25, -0.2) is 4.79 Å². The van der Waals surface area contributed by atoms with Crippen LogP contribution < -0.4 is 10.1 Å². The number of para-hydroxylation sites is 1. The summed E-state index contributed by atoms with van der Waals surface area (Å²) in [7, 11) is 2.83. The molecule has 0 aliphatic carbocycles. The molecular formula is C15H15NO4. The standard InChI is InChI=1S/C15H15NO4/c1-9-13(15(18)20-3)11(14(17)16-9)8-10-6-4-5-7-12(10)19-2/h4-8H,1-3H3,(H,16,17). The van der Waals surface area contributed by atoms with E-state index in [4.69, 9.17) is 9.47 Å². The first-order valence-corrected chi connectivity index (χ1v) is 6.04. The van der Waals surface area contributed by atoms with Crippen LogP contribution in [0.4, 0.5) is 0 Å². The monoisotopic (exact) mass is 273 g/mol. The van der Waals surface area contributed by atoms with Crippen molar-refractivity contribution in [2.75, 3.05) is 14.2 Å². The Morgan fingerprint density at radius 3 is 2.60 bits per heavy atom. The molecule has 1 heterocycles. The minimum atomic E-state index is -0.540. The van der Waals surface area contributed by atoms with Crippen LogP contribution in [-0.2, 0) is 14.3 Å². The number of hydrogen-bond donors (Lipinski definition) is 1. The van der Waals surface area contributed by atoms with Crippen molar-refractivity contribution in [2.24, 2.45) is 0 Å². The number of amides is 1. The van der Waals surface area contributed by atoms with E-state index in [-0.39, 0.29) is 17.1 Å². The van der Waals surface area contributed by atoms with E-state index in [0.717, 1.165) is 5.56 Å². The second-order valence-electron chi connectivity index (χ2n) is 4.25. The van der Waals surface area contributed by atoms with Crippen molar-refractivity contribution in [1.29, 1.82) is 0 Å². The smallest absolute Gasteiger partial charge is 0.340 e. The fraction of sp³-hybridized carbons (Fsp3) is 0.200. The molecule has 5 heteroatoms. The molecule has 1 aliphatic rings. The molecule has 1 aromatic rings. The van der Waals surface area contributed by atoms with Crippen molar-refractivity contribution in [3.05, 3.63) is 46.7 Å². The van der Waals surface area contributed by atoms with E-state index in [1.54, 1.807) is 26.2 Å². The van der Waals surface area contributed by atoms with Crippen LogP contribution in [-0.4, -0.2) is 26.1 Å². The van der Waals surface area contributed by atoms with E-state index >= 15 is 0 Å². The zero-order valence-electron chi connectivity index (χ0n) is 11.5. The molecular weight excluding hydrogens is 258 g/mol. The number of hydrogen-bond acceptors (Lipinski definition) is 4. The van der Waals surface area contributed by atoms with Crippen LogP contribution in [0.15, 0.2) is 41.1 Å². The maximum absolute atomic E-state index is 11.9. The van der Waals surface area contributed by atoms with Crippen LogP contribution in [0.25, 0.3) is 6.08 Å². The van der Waals surface area contributed by atoms with Gasteiger partial charge in [0.05, 0.1) is 25.4 Å². The molecule has 0 unspecified atom stereocenters. The van der Waals surface area contributed by atoms with Crippen LogP contribution in [0.3, 0.4) is 0 Å². The molecule has 104 valence electrons. The average Bonchev–Trinajstić information content (AvgIpc) is 2.73. The van der Waals surface area contributed by atoms with Gasteiger partial charge in [-0.2, -0.15) is 0 Å². The molecule has 1 aliphatic heterocycles. The molecule has 0 spiro atoms. The number of methoxy groups -OCH3 is 2. The normalized spacial score (nSPS) is 16.4. The van der Waals surface area contributed by atoms with Crippen LogP contribution in [0.2, 0.25) is 0 Å². The number of ether oxygens (including phenoxy) is 2. The summed E-state index contributed by atoms with van der Waals surface area (Å²) in [5, 5.41) is 2.62. The Bertz CT molecular complexity index is 629. The lowest BCUT2D eigenvalue weighted by atomic mass is 10.0. The van der Waals surface area contributed by atoms with Crippen molar-refractivity contribution in [1.82, 2.24) is 5.32 Å². The summed E-state index contributed by atoms with van der Waals surface area (Å²) < 4.78 is 9.95. The predicted molar refractivity (Wildman–Crippen MR) is 73.8 cm³/mol. The molecule has 1 aromatic carbocycles. The van der Waals surface area contributed by atoms with Gasteiger partial charge >= 0.3 is 5.97 Å². The fourth-order valence-electron chi connectivity index (χ4n) is 2.06. The van der Waals surface area contributed by atoms with E-state index in [1.807, 2.05) is 18.2 Å². The predicted octanol–water partition coefficient (Wildman–Crippen LogP) is 1.66. The van der Waals surface area contributed by atoms with Gasteiger partial charge in [-0.1, -0.05) is 18.2 Å². The van der Waals surface area contributed by atoms with Crippen molar-refractivity contribution < 1.29 is 19.1 Å². The van der Waals surface area contributed by atoms with Crippen LogP contribution in [0, 0.1) is 0 Å². The van der Waals surface area contributed by atoms with Gasteiger partial charge in [0.1, 0.15) is 5.75 Å². The zero-order valence-corrected chi connectivity index (χ0v) is 11.5. The van der Waals surface area contributed by atoms with Crippen molar-refractivity contribution in [2.45, 2.75) is 6.92 Å². The molecule has 2 rings (SSSR count). The number of carbonyl (C=O) groups excluding carboxylic acids is 2. The lowest BCUT2D eigenvalue weighted by Crippen LogP contribution is -2.15. The van der Waals surface area contributed by atoms with Crippen LogP contribution in [0.1, 0.15) is 12.5 Å². The lowest BCUT2D eigenvalue weighted by molar-refractivity contribution is -0.136. The number of esters is 1. The van der Waals surface area contributed by atoms with E-state index in [0.29, 0.717) is 11.4 Å². The van der Waals surface area contributed by atoms with Gasteiger partial charge < -0.3 is 14.8 Å². The Balaban J connectivity index is 2.51. The van der Waals surface area contributed by atoms with Gasteiger partial charge in [-0.05, 0) is 19.1 Å². The topological polar surface area (TPSA) is 64.6 Å². The van der Waals surface area contributed by atoms with E-state index < -0.39 is 5.97 Å². The summed E-state index contributed by atoms with van der Waals surface area (Å²) >= 11 is 0. The number of benzene rings is 1. The number of nitrogens with one attached hydrogen (secondary N) is 1. The molecule has 0 aromatic heterocycles. The molecule has 0 radical (unpaired) electrons. The first-order chi connectivity index (χ1) is 9.58. The van der Waals surface area contributed by atoms with Gasteiger partial charge in [0.15, 0.2) is 0 Å². The molecule has 1 N–H and O–H groups in total. The first kappa shape index (κ1) is 13.9. The Morgan fingerprint density at radius 1 is 1.25 bits per heavy atom. The highest BCUT2D eigenvalue weighted by atomic mass is 16.5. The maximum Gasteiger partial charge on any atom is 0.340 e. The Morgan fingerprint density at radius 2 is 1.95 bits per heavy atom. The van der Waals surface area contributed by atoms with E-state index in [2.05, 4.69) is 5.32 Å². The molecule has 0 saturated carbocycles. The maximum atomic E-state index is 11.9. The molecule has 0 bridgehead atoms. The van der Waals surface area contributed by atoms with Gasteiger partial charge in [-0.15, -0.1) is 0 Å². The third kappa shape index (κ3) is 2.42. The second-order valence-corrected chi connectivity index (χ2v) is 4.25.